The molecule has 4 aromatic rings. The number of aromatic hydroxyl groups is 1. The molecule has 9 rings (SSSR count). The van der Waals surface area contributed by atoms with E-state index in [0.29, 0.717) is 42.0 Å². The molecule has 0 radical (unpaired) electrons. The van der Waals surface area contributed by atoms with Crippen LogP contribution in [0.3, 0.4) is 0 Å². The number of imide groups is 1. The van der Waals surface area contributed by atoms with Crippen LogP contribution in [0.1, 0.15) is 44.9 Å². The summed E-state index contributed by atoms with van der Waals surface area (Å²) in [5.41, 5.74) is 0.962. The number of amides is 4. The zero-order valence-electron chi connectivity index (χ0n) is 29.4. The van der Waals surface area contributed by atoms with Crippen molar-refractivity contribution >= 4 is 45.3 Å². The van der Waals surface area contributed by atoms with Gasteiger partial charge in [-0.25, -0.2) is 9.18 Å². The molecule has 0 aliphatic carbocycles. The molecule has 0 spiro atoms. The van der Waals surface area contributed by atoms with Crippen molar-refractivity contribution in [1.82, 2.24) is 29.6 Å². The number of anilines is 1. The van der Waals surface area contributed by atoms with Crippen LogP contribution in [0.2, 0.25) is 0 Å². The standard InChI is InChI=1S/C39H42FN7O5/c1-43-31(36(50)44(2)38(43)51)19-32(49)47-24-9-10-25(47)21-45(20-24)35-29-12-11-28(30-18-26(48)17-23-7-3-4-8-27(23)30)33(40)34(29)41-37(42-35)52-22-39-13-5-15-46(39)16-6-14-39/h3-4,7-8,11-12,17-18,24-25,31,48H,5-6,9-10,13-16,19-22H2,1-2H3. The fourth-order valence-corrected chi connectivity index (χ4v) is 9.65. The number of phenols is 1. The summed E-state index contributed by atoms with van der Waals surface area (Å²) in [6.45, 7) is 3.47. The van der Waals surface area contributed by atoms with Gasteiger partial charge in [0, 0.05) is 50.2 Å². The Labute approximate surface area is 300 Å². The molecule has 3 unspecified atom stereocenters. The van der Waals surface area contributed by atoms with E-state index in [4.69, 9.17) is 14.7 Å². The first-order chi connectivity index (χ1) is 25.1. The average Bonchev–Trinajstić information content (AvgIpc) is 3.85. The minimum Gasteiger partial charge on any atom is -0.508 e. The van der Waals surface area contributed by atoms with Crippen molar-refractivity contribution in [3.05, 3.63) is 54.3 Å². The third kappa shape index (κ3) is 5.14. The number of aromatic nitrogens is 2. The van der Waals surface area contributed by atoms with Gasteiger partial charge in [-0.05, 0) is 86.1 Å². The summed E-state index contributed by atoms with van der Waals surface area (Å²) in [7, 11) is 2.99. The highest BCUT2D eigenvalue weighted by Gasteiger charge is 2.48. The number of hydrogen-bond acceptors (Lipinski definition) is 9. The number of halogens is 1. The van der Waals surface area contributed by atoms with Crippen LogP contribution in [-0.2, 0) is 9.59 Å². The van der Waals surface area contributed by atoms with Crippen molar-refractivity contribution in [3.8, 4) is 22.9 Å². The Bertz CT molecular complexity index is 2120. The summed E-state index contributed by atoms with van der Waals surface area (Å²) in [6.07, 6.45) is 5.83. The predicted octanol–water partition coefficient (Wildman–Crippen LogP) is 4.76. The maximum Gasteiger partial charge on any atom is 0.326 e. The Kier molecular flexibility index (Phi) is 7.76. The molecule has 5 fully saturated rings. The molecule has 13 heteroatoms. The van der Waals surface area contributed by atoms with Crippen LogP contribution >= 0.6 is 0 Å². The van der Waals surface area contributed by atoms with Crippen LogP contribution in [0.5, 0.6) is 11.8 Å². The van der Waals surface area contributed by atoms with Gasteiger partial charge in [0.1, 0.15) is 29.7 Å². The quantitative estimate of drug-likeness (QED) is 0.271. The largest absolute Gasteiger partial charge is 0.508 e. The van der Waals surface area contributed by atoms with Gasteiger partial charge in [-0.15, -0.1) is 0 Å². The molecule has 1 aromatic heterocycles. The molecular weight excluding hydrogens is 665 g/mol. The monoisotopic (exact) mass is 707 g/mol. The topological polar surface area (TPSA) is 123 Å². The van der Waals surface area contributed by atoms with Gasteiger partial charge in [-0.3, -0.25) is 19.4 Å². The van der Waals surface area contributed by atoms with Gasteiger partial charge in [0.05, 0.1) is 12.0 Å². The minimum absolute atomic E-state index is 0.0444. The van der Waals surface area contributed by atoms with Gasteiger partial charge in [0.15, 0.2) is 5.82 Å². The summed E-state index contributed by atoms with van der Waals surface area (Å²) in [5.74, 6) is -0.443. The van der Waals surface area contributed by atoms with Crippen LogP contribution in [0.25, 0.3) is 32.8 Å². The first kappa shape index (κ1) is 32.8. The molecule has 4 amide bonds. The smallest absolute Gasteiger partial charge is 0.326 e. The number of fused-ring (bicyclic) bond motifs is 5. The van der Waals surface area contributed by atoms with E-state index in [2.05, 4.69) is 9.80 Å². The molecule has 5 aliphatic heterocycles. The fourth-order valence-electron chi connectivity index (χ4n) is 9.65. The number of phenolic OH excluding ortho intramolecular Hbond substituents is 1. The molecule has 0 saturated carbocycles. The second-order valence-electron chi connectivity index (χ2n) is 15.2. The molecule has 5 aliphatic rings. The minimum atomic E-state index is -0.816. The lowest BCUT2D eigenvalue weighted by Crippen LogP contribution is -2.57. The summed E-state index contributed by atoms with van der Waals surface area (Å²) in [4.78, 5) is 57.5. The number of piperazine rings is 1. The molecule has 2 bridgehead atoms. The van der Waals surface area contributed by atoms with Crippen molar-refractivity contribution in [2.45, 2.75) is 68.6 Å². The molecule has 3 atom stereocenters. The van der Waals surface area contributed by atoms with Crippen molar-refractivity contribution < 1.29 is 28.6 Å². The second-order valence-corrected chi connectivity index (χ2v) is 15.2. The lowest BCUT2D eigenvalue weighted by atomic mass is 9.95. The first-order valence-corrected chi connectivity index (χ1v) is 18.3. The highest BCUT2D eigenvalue weighted by molar-refractivity contribution is 6.05. The molecule has 270 valence electrons. The van der Waals surface area contributed by atoms with Crippen LogP contribution in [-0.4, -0.2) is 123 Å². The van der Waals surface area contributed by atoms with E-state index in [1.165, 1.54) is 11.9 Å². The van der Waals surface area contributed by atoms with Gasteiger partial charge in [0.2, 0.25) is 5.91 Å². The Hall–Kier alpha value is -5.04. The number of ether oxygens (including phenoxy) is 1. The van der Waals surface area contributed by atoms with Crippen LogP contribution < -0.4 is 9.64 Å². The molecule has 6 heterocycles. The molecule has 3 aromatic carbocycles. The molecule has 12 nitrogen and oxygen atoms in total. The number of rotatable bonds is 7. The summed E-state index contributed by atoms with van der Waals surface area (Å²) < 4.78 is 23.4. The summed E-state index contributed by atoms with van der Waals surface area (Å²) in [5, 5.41) is 12.7. The third-order valence-corrected chi connectivity index (χ3v) is 12.3. The highest BCUT2D eigenvalue weighted by atomic mass is 19.1. The maximum atomic E-state index is 17.0. The van der Waals surface area contributed by atoms with Gasteiger partial charge < -0.3 is 24.5 Å². The number of carbonyl (C=O) groups is 3. The van der Waals surface area contributed by atoms with Crippen molar-refractivity contribution in [3.63, 3.8) is 0 Å². The molecule has 1 N–H and O–H groups in total. The second kappa shape index (κ2) is 12.3. The number of likely N-dealkylation sites (N-methyl/N-ethyl adjacent to an activating group) is 2. The van der Waals surface area contributed by atoms with E-state index in [1.807, 2.05) is 35.2 Å². The van der Waals surface area contributed by atoms with Crippen molar-refractivity contribution in [1.29, 1.82) is 0 Å². The Morgan fingerprint density at radius 1 is 0.962 bits per heavy atom. The van der Waals surface area contributed by atoms with Gasteiger partial charge in [-0.1, -0.05) is 30.3 Å². The predicted molar refractivity (Wildman–Crippen MR) is 193 cm³/mol. The van der Waals surface area contributed by atoms with Crippen molar-refractivity contribution in [2.24, 2.45) is 0 Å². The molecular formula is C39H42FN7O5. The number of benzene rings is 3. The van der Waals surface area contributed by atoms with Crippen molar-refractivity contribution in [2.75, 3.05) is 51.8 Å². The Balaban J connectivity index is 1.07. The van der Waals surface area contributed by atoms with E-state index in [9.17, 15) is 19.5 Å². The normalized spacial score (nSPS) is 24.2. The van der Waals surface area contributed by atoms with Gasteiger partial charge >= 0.3 is 12.0 Å². The SMILES string of the molecule is CN1C(=O)C(CC(=O)N2C3CCC2CN(c2nc(OCC45CCCN4CCC5)nc4c(F)c(-c5cc(O)cc6ccccc56)ccc24)C3)N(C)C1=O. The Morgan fingerprint density at radius 2 is 1.69 bits per heavy atom. The van der Waals surface area contributed by atoms with E-state index >= 15 is 4.39 Å². The van der Waals surface area contributed by atoms with E-state index in [-0.39, 0.29) is 53.1 Å². The van der Waals surface area contributed by atoms with E-state index in [1.54, 1.807) is 25.2 Å². The fraction of sp³-hybridized carbons (Fsp3) is 0.462. The van der Waals surface area contributed by atoms with E-state index in [0.717, 1.165) is 67.3 Å². The van der Waals surface area contributed by atoms with Crippen LogP contribution in [0, 0.1) is 5.82 Å². The molecule has 5 saturated heterocycles. The number of urea groups is 1. The zero-order chi connectivity index (χ0) is 35.9. The highest BCUT2D eigenvalue weighted by Crippen LogP contribution is 2.42. The maximum absolute atomic E-state index is 17.0. The van der Waals surface area contributed by atoms with Crippen LogP contribution in [0.15, 0.2) is 48.5 Å². The van der Waals surface area contributed by atoms with Gasteiger partial charge in [-0.2, -0.15) is 9.97 Å². The third-order valence-electron chi connectivity index (χ3n) is 12.3. The summed E-state index contributed by atoms with van der Waals surface area (Å²) >= 11 is 0. The van der Waals surface area contributed by atoms with Gasteiger partial charge in [0.25, 0.3) is 5.91 Å². The first-order valence-electron chi connectivity index (χ1n) is 18.3. The number of nitrogens with zero attached hydrogens (tertiary/aromatic N) is 7. The lowest BCUT2D eigenvalue weighted by Gasteiger charge is -2.42. The Morgan fingerprint density at radius 3 is 2.40 bits per heavy atom. The average molecular weight is 708 g/mol. The molecule has 52 heavy (non-hydrogen) atoms. The zero-order valence-corrected chi connectivity index (χ0v) is 29.4. The number of carbonyl (C=O) groups excluding carboxylic acids is 3. The summed E-state index contributed by atoms with van der Waals surface area (Å²) in [6, 6.07) is 13.0. The van der Waals surface area contributed by atoms with E-state index < -0.39 is 17.9 Å². The number of hydrogen-bond donors (Lipinski definition) is 1. The lowest BCUT2D eigenvalue weighted by molar-refractivity contribution is -0.138. The van der Waals surface area contributed by atoms with Crippen LogP contribution in [0.4, 0.5) is 15.0 Å².